The summed E-state index contributed by atoms with van der Waals surface area (Å²) in [4.78, 5) is 29.4. The van der Waals surface area contributed by atoms with Crippen LogP contribution in [0.4, 0.5) is 0 Å². The van der Waals surface area contributed by atoms with Crippen LogP contribution in [-0.2, 0) is 14.3 Å². The molecule has 0 rings (SSSR count). The van der Waals surface area contributed by atoms with Crippen molar-refractivity contribution in [3.8, 4) is 0 Å². The van der Waals surface area contributed by atoms with E-state index in [-0.39, 0.29) is 11.9 Å². The van der Waals surface area contributed by atoms with Crippen molar-refractivity contribution in [1.29, 1.82) is 0 Å². The highest BCUT2D eigenvalue weighted by atomic mass is 32.1. The van der Waals surface area contributed by atoms with Crippen molar-refractivity contribution < 1.29 is 19.4 Å². The van der Waals surface area contributed by atoms with Gasteiger partial charge in [0.05, 0.1) is 12.5 Å². The standard InChI is InChI=1S/C48H95N3O4S/c1-6-9-12-15-18-19-20-25-33-43-55-46(52)38-30-26-32-41-51(42-34-39-49-48(56)50(4)5)40-31-24-23-29-37-45(47(53)54)44(35-27-21-16-13-10-7-2)36-28-22-17-14-11-8-3/h44-45H,6-43H2,1-5H3,(H,49,56)(H,53,54). The molecule has 0 saturated heterocycles. The predicted molar refractivity (Wildman–Crippen MR) is 246 cm³/mol. The summed E-state index contributed by atoms with van der Waals surface area (Å²) in [7, 11) is 3.94. The molecular formula is C48H95N3O4S. The zero-order valence-electron chi connectivity index (χ0n) is 38.0. The molecule has 0 aromatic rings. The highest BCUT2D eigenvalue weighted by Crippen LogP contribution is 2.30. The van der Waals surface area contributed by atoms with Crippen molar-refractivity contribution in [2.75, 3.05) is 46.9 Å². The lowest BCUT2D eigenvalue weighted by atomic mass is 9.80. The van der Waals surface area contributed by atoms with Crippen molar-refractivity contribution in [3.63, 3.8) is 0 Å². The molecule has 56 heavy (non-hydrogen) atoms. The first-order valence-corrected chi connectivity index (χ1v) is 24.7. The Morgan fingerprint density at radius 2 is 0.964 bits per heavy atom. The van der Waals surface area contributed by atoms with Gasteiger partial charge in [-0.2, -0.15) is 0 Å². The molecule has 0 heterocycles. The molecule has 1 atom stereocenters. The molecule has 0 fully saturated rings. The summed E-state index contributed by atoms with van der Waals surface area (Å²) >= 11 is 5.41. The largest absolute Gasteiger partial charge is 0.481 e. The minimum Gasteiger partial charge on any atom is -0.481 e. The Labute approximate surface area is 354 Å². The maximum absolute atomic E-state index is 12.6. The fraction of sp³-hybridized carbons (Fsp3) is 0.938. The summed E-state index contributed by atoms with van der Waals surface area (Å²) < 4.78 is 5.52. The average molecular weight is 810 g/mol. The number of rotatable bonds is 43. The van der Waals surface area contributed by atoms with E-state index in [0.717, 1.165) is 115 Å². The van der Waals surface area contributed by atoms with Gasteiger partial charge in [-0.15, -0.1) is 0 Å². The van der Waals surface area contributed by atoms with Gasteiger partial charge in [0.15, 0.2) is 5.11 Å². The van der Waals surface area contributed by atoms with Crippen LogP contribution in [-0.4, -0.2) is 78.8 Å². The zero-order valence-corrected chi connectivity index (χ0v) is 38.8. The number of carbonyl (C=O) groups excluding carboxylic acids is 1. The number of nitrogens with zero attached hydrogens (tertiary/aromatic N) is 2. The van der Waals surface area contributed by atoms with E-state index in [1.807, 2.05) is 19.0 Å². The van der Waals surface area contributed by atoms with Gasteiger partial charge in [0.25, 0.3) is 0 Å². The molecule has 0 saturated carbocycles. The minimum atomic E-state index is -0.562. The number of carboxylic acids is 1. The fourth-order valence-electron chi connectivity index (χ4n) is 7.98. The van der Waals surface area contributed by atoms with Crippen LogP contribution in [0.3, 0.4) is 0 Å². The van der Waals surface area contributed by atoms with E-state index in [1.54, 1.807) is 0 Å². The number of unbranched alkanes of at least 4 members (excludes halogenated alkanes) is 23. The molecule has 7 nitrogen and oxygen atoms in total. The molecule has 0 aromatic heterocycles. The minimum absolute atomic E-state index is 0.0365. The highest BCUT2D eigenvalue weighted by molar-refractivity contribution is 7.80. The van der Waals surface area contributed by atoms with Gasteiger partial charge in [0.1, 0.15) is 0 Å². The van der Waals surface area contributed by atoms with E-state index in [9.17, 15) is 14.7 Å². The Hall–Kier alpha value is -1.41. The summed E-state index contributed by atoms with van der Waals surface area (Å²) in [6, 6.07) is 0. The molecule has 8 heteroatoms. The summed E-state index contributed by atoms with van der Waals surface area (Å²) in [5, 5.41) is 14.5. The van der Waals surface area contributed by atoms with Gasteiger partial charge >= 0.3 is 11.9 Å². The molecule has 0 aliphatic carbocycles. The first-order chi connectivity index (χ1) is 27.3. The molecular weight excluding hydrogens is 715 g/mol. The SMILES string of the molecule is CCCCCCCCCCCOC(=O)CCCCCN(CCCCCCC(C(=O)O)C(CCCCCCCC)CCCCCCCC)CCCNC(=S)N(C)C. The maximum Gasteiger partial charge on any atom is 0.306 e. The second-order valence-corrected chi connectivity index (χ2v) is 17.6. The van der Waals surface area contributed by atoms with Gasteiger partial charge in [-0.1, -0.05) is 175 Å². The molecule has 0 aromatic carbocycles. The number of aliphatic carboxylic acids is 1. The number of carbonyl (C=O) groups is 2. The van der Waals surface area contributed by atoms with E-state index < -0.39 is 5.97 Å². The van der Waals surface area contributed by atoms with Gasteiger partial charge in [-0.25, -0.2) is 0 Å². The lowest BCUT2D eigenvalue weighted by Crippen LogP contribution is -2.36. The third-order valence-corrected chi connectivity index (χ3v) is 12.2. The summed E-state index contributed by atoms with van der Waals surface area (Å²) in [5.74, 6) is -0.459. The number of hydrogen-bond acceptors (Lipinski definition) is 5. The van der Waals surface area contributed by atoms with Crippen LogP contribution in [0.15, 0.2) is 0 Å². The third-order valence-electron chi connectivity index (χ3n) is 11.7. The van der Waals surface area contributed by atoms with Crippen molar-refractivity contribution >= 4 is 29.3 Å². The van der Waals surface area contributed by atoms with E-state index >= 15 is 0 Å². The number of carboxylic acid groups (broad SMARTS) is 1. The molecule has 0 radical (unpaired) electrons. The topological polar surface area (TPSA) is 82.1 Å². The normalized spacial score (nSPS) is 12.1. The van der Waals surface area contributed by atoms with Crippen LogP contribution in [0.2, 0.25) is 0 Å². The van der Waals surface area contributed by atoms with Crippen molar-refractivity contribution in [1.82, 2.24) is 15.1 Å². The van der Waals surface area contributed by atoms with Crippen molar-refractivity contribution in [3.05, 3.63) is 0 Å². The monoisotopic (exact) mass is 810 g/mol. The van der Waals surface area contributed by atoms with E-state index in [0.29, 0.717) is 18.9 Å². The smallest absolute Gasteiger partial charge is 0.306 e. The van der Waals surface area contributed by atoms with Crippen LogP contribution in [0, 0.1) is 11.8 Å². The van der Waals surface area contributed by atoms with Crippen LogP contribution in [0.25, 0.3) is 0 Å². The maximum atomic E-state index is 12.6. The Balaban J connectivity index is 4.65. The second-order valence-electron chi connectivity index (χ2n) is 17.2. The van der Waals surface area contributed by atoms with Gasteiger partial charge in [-0.05, 0) is 89.1 Å². The fourth-order valence-corrected chi connectivity index (χ4v) is 8.08. The van der Waals surface area contributed by atoms with Crippen LogP contribution >= 0.6 is 12.2 Å². The number of nitrogens with one attached hydrogen (secondary N) is 1. The Morgan fingerprint density at radius 1 is 0.554 bits per heavy atom. The average Bonchev–Trinajstić information content (AvgIpc) is 3.18. The summed E-state index contributed by atoms with van der Waals surface area (Å²) in [6.45, 7) is 11.4. The van der Waals surface area contributed by atoms with Crippen LogP contribution in [0.5, 0.6) is 0 Å². The van der Waals surface area contributed by atoms with Gasteiger partial charge in [-0.3, -0.25) is 9.59 Å². The summed E-state index contributed by atoms with van der Waals surface area (Å²) in [6.07, 6.45) is 38.7. The molecule has 2 N–H and O–H groups in total. The molecule has 0 aliphatic heterocycles. The highest BCUT2D eigenvalue weighted by Gasteiger charge is 2.27. The predicted octanol–water partition coefficient (Wildman–Crippen LogP) is 13.5. The number of hydrogen-bond donors (Lipinski definition) is 2. The van der Waals surface area contributed by atoms with Crippen LogP contribution < -0.4 is 5.32 Å². The molecule has 0 spiro atoms. The van der Waals surface area contributed by atoms with Crippen LogP contribution in [0.1, 0.15) is 233 Å². The molecule has 0 bridgehead atoms. The Kier molecular flexibility index (Phi) is 40.7. The molecule has 1 unspecified atom stereocenters. The van der Waals surface area contributed by atoms with Crippen molar-refractivity contribution in [2.45, 2.75) is 233 Å². The Morgan fingerprint density at radius 3 is 1.45 bits per heavy atom. The number of thiocarbonyl (C=S) groups is 1. The lowest BCUT2D eigenvalue weighted by molar-refractivity contribution is -0.145. The van der Waals surface area contributed by atoms with Gasteiger partial charge in [0.2, 0.25) is 0 Å². The van der Waals surface area contributed by atoms with E-state index in [1.165, 1.54) is 122 Å². The van der Waals surface area contributed by atoms with E-state index in [2.05, 4.69) is 31.0 Å². The van der Waals surface area contributed by atoms with Gasteiger partial charge < -0.3 is 25.0 Å². The van der Waals surface area contributed by atoms with Gasteiger partial charge in [0, 0.05) is 27.1 Å². The first kappa shape index (κ1) is 54.6. The second kappa shape index (κ2) is 41.7. The quantitative estimate of drug-likeness (QED) is 0.0358. The zero-order chi connectivity index (χ0) is 41.3. The molecule has 0 aliphatic rings. The first-order valence-electron chi connectivity index (χ1n) is 24.3. The number of ether oxygens (including phenoxy) is 1. The molecule has 332 valence electrons. The summed E-state index contributed by atoms with van der Waals surface area (Å²) in [5.41, 5.74) is 0. The lowest BCUT2D eigenvalue weighted by Gasteiger charge is -2.25. The number of esters is 1. The Bertz CT molecular complexity index is 872. The van der Waals surface area contributed by atoms with Crippen molar-refractivity contribution in [2.24, 2.45) is 11.8 Å². The molecule has 0 amide bonds. The third kappa shape index (κ3) is 35.7. The van der Waals surface area contributed by atoms with E-state index in [4.69, 9.17) is 17.0 Å².